The highest BCUT2D eigenvalue weighted by Crippen LogP contribution is 2.34. The number of halogens is 1. The molecule has 2 heterocycles. The number of hydrogen-bond acceptors (Lipinski definition) is 6. The van der Waals surface area contributed by atoms with Gasteiger partial charge >= 0.3 is 5.97 Å². The maximum Gasteiger partial charge on any atom is 0.335 e. The maximum atomic E-state index is 12.4. The van der Waals surface area contributed by atoms with E-state index in [2.05, 4.69) is 15.0 Å². The molecule has 1 amide bonds. The number of ether oxygens (including phenoxy) is 1. The molecule has 1 aliphatic carbocycles. The predicted octanol–water partition coefficient (Wildman–Crippen LogP) is 4.64. The molecule has 1 saturated carbocycles. The van der Waals surface area contributed by atoms with Crippen molar-refractivity contribution in [1.82, 2.24) is 19.9 Å². The fourth-order valence-corrected chi connectivity index (χ4v) is 4.79. The minimum absolute atomic E-state index is 0.0652. The van der Waals surface area contributed by atoms with Crippen LogP contribution in [0, 0.1) is 5.92 Å². The minimum Gasteiger partial charge on any atom is -0.478 e. The molecule has 1 fully saturated rings. The third kappa shape index (κ3) is 5.34. The van der Waals surface area contributed by atoms with E-state index >= 15 is 0 Å². The zero-order valence-corrected chi connectivity index (χ0v) is 21.5. The molecule has 0 unspecified atom stereocenters. The summed E-state index contributed by atoms with van der Waals surface area (Å²) in [6.45, 7) is 0.605. The topological polar surface area (TPSA) is 129 Å². The summed E-state index contributed by atoms with van der Waals surface area (Å²) < 4.78 is 5.95. The van der Waals surface area contributed by atoms with Crippen LogP contribution in [0.4, 0.5) is 0 Å². The third-order valence-electron chi connectivity index (χ3n) is 6.78. The highest BCUT2D eigenvalue weighted by atomic mass is 35.5. The van der Waals surface area contributed by atoms with Gasteiger partial charge in [-0.1, -0.05) is 48.0 Å². The monoisotopic (exact) mass is 534 g/mol. The van der Waals surface area contributed by atoms with Crippen molar-refractivity contribution in [2.24, 2.45) is 5.92 Å². The van der Waals surface area contributed by atoms with Gasteiger partial charge < -0.3 is 24.8 Å². The minimum atomic E-state index is -0.958. The fourth-order valence-electron chi connectivity index (χ4n) is 4.53. The lowest BCUT2D eigenvalue weighted by Crippen LogP contribution is -2.44. The SMILES string of the molecule is CN(CCCO)C(=O)[C@H]1C[C@@H](Oc2nc3nc(-c4ccc(-c5ccc(C(=O)O)cc5)cc4)c(Cl)cc3[nH]2)C1. The summed E-state index contributed by atoms with van der Waals surface area (Å²) in [7, 11) is 1.75. The molecule has 0 atom stereocenters. The molecule has 2 aromatic heterocycles. The number of fused-ring (bicyclic) bond motifs is 1. The number of benzene rings is 2. The Morgan fingerprint density at radius 2 is 1.68 bits per heavy atom. The molecule has 10 heteroatoms. The number of hydrogen-bond donors (Lipinski definition) is 3. The lowest BCUT2D eigenvalue weighted by molar-refractivity contribution is -0.140. The van der Waals surface area contributed by atoms with E-state index in [9.17, 15) is 9.59 Å². The molecule has 0 radical (unpaired) electrons. The number of nitrogens with one attached hydrogen (secondary N) is 1. The van der Waals surface area contributed by atoms with E-state index in [-0.39, 0.29) is 30.1 Å². The second-order valence-corrected chi connectivity index (χ2v) is 9.84. The van der Waals surface area contributed by atoms with Crippen molar-refractivity contribution in [3.63, 3.8) is 0 Å². The number of aromatic nitrogens is 3. The third-order valence-corrected chi connectivity index (χ3v) is 7.07. The van der Waals surface area contributed by atoms with Crippen molar-refractivity contribution in [3.05, 3.63) is 65.2 Å². The molecule has 9 nitrogen and oxygen atoms in total. The van der Waals surface area contributed by atoms with Crippen molar-refractivity contribution in [2.45, 2.75) is 25.4 Å². The Hall–Kier alpha value is -3.95. The Bertz CT molecular complexity index is 1460. The molecular formula is C28H27ClN4O5. The average molecular weight is 535 g/mol. The summed E-state index contributed by atoms with van der Waals surface area (Å²) in [5.74, 6) is -0.963. The van der Waals surface area contributed by atoms with Gasteiger partial charge in [-0.15, -0.1) is 0 Å². The molecule has 4 aromatic rings. The van der Waals surface area contributed by atoms with Crippen LogP contribution in [0.25, 0.3) is 33.5 Å². The lowest BCUT2D eigenvalue weighted by Gasteiger charge is -2.35. The number of rotatable bonds is 9. The van der Waals surface area contributed by atoms with Gasteiger partial charge in [0.05, 0.1) is 21.8 Å². The Kier molecular flexibility index (Phi) is 7.31. The highest BCUT2D eigenvalue weighted by molar-refractivity contribution is 6.33. The number of carboxylic acid groups (broad SMARTS) is 1. The molecule has 0 aliphatic heterocycles. The molecule has 0 saturated heterocycles. The molecule has 2 aromatic carbocycles. The number of aliphatic hydroxyl groups excluding tert-OH is 1. The van der Waals surface area contributed by atoms with Crippen LogP contribution in [0.3, 0.4) is 0 Å². The first-order valence-corrected chi connectivity index (χ1v) is 12.7. The van der Waals surface area contributed by atoms with Crippen LogP contribution in [0.15, 0.2) is 54.6 Å². The number of nitrogens with zero attached hydrogens (tertiary/aromatic N) is 3. The summed E-state index contributed by atoms with van der Waals surface area (Å²) in [5.41, 5.74) is 4.62. The quantitative estimate of drug-likeness (QED) is 0.285. The second kappa shape index (κ2) is 10.8. The van der Waals surface area contributed by atoms with Crippen molar-refractivity contribution in [2.75, 3.05) is 20.2 Å². The van der Waals surface area contributed by atoms with E-state index in [1.165, 1.54) is 0 Å². The van der Waals surface area contributed by atoms with Crippen LogP contribution in [-0.2, 0) is 4.79 Å². The number of carbonyl (C=O) groups is 2. The van der Waals surface area contributed by atoms with Gasteiger partial charge in [0, 0.05) is 31.7 Å². The molecule has 3 N–H and O–H groups in total. The van der Waals surface area contributed by atoms with Gasteiger partial charge in [0.1, 0.15) is 6.10 Å². The van der Waals surface area contributed by atoms with Gasteiger partial charge in [-0.3, -0.25) is 4.79 Å². The summed E-state index contributed by atoms with van der Waals surface area (Å²) in [6.07, 6.45) is 1.69. The number of aliphatic hydroxyl groups is 1. The number of carboxylic acids is 1. The van der Waals surface area contributed by atoms with Crippen LogP contribution in [0.5, 0.6) is 6.01 Å². The predicted molar refractivity (Wildman–Crippen MR) is 143 cm³/mol. The van der Waals surface area contributed by atoms with Gasteiger partial charge in [0.25, 0.3) is 6.01 Å². The fraction of sp³-hybridized carbons (Fsp3) is 0.286. The molecule has 0 spiro atoms. The number of aromatic carboxylic acids is 1. The summed E-state index contributed by atoms with van der Waals surface area (Å²) >= 11 is 6.55. The largest absolute Gasteiger partial charge is 0.478 e. The maximum absolute atomic E-state index is 12.4. The van der Waals surface area contributed by atoms with E-state index < -0.39 is 5.97 Å². The highest BCUT2D eigenvalue weighted by Gasteiger charge is 2.38. The van der Waals surface area contributed by atoms with Crippen LogP contribution < -0.4 is 4.74 Å². The van der Waals surface area contributed by atoms with Crippen molar-refractivity contribution in [1.29, 1.82) is 0 Å². The standard InChI is InChI=1S/C28H27ClN4O5/c1-33(11-2-12-34)26(35)20-13-21(14-20)38-28-30-23-15-22(29)24(31-25(23)32-28)18-7-3-16(4-8-18)17-5-9-19(10-6-17)27(36)37/h3-10,15,20-21,34H,2,11-14H2,1H3,(H,36,37)(H,30,31,32)/t20-,21+. The first-order chi connectivity index (χ1) is 18.3. The smallest absolute Gasteiger partial charge is 0.335 e. The van der Waals surface area contributed by atoms with E-state index in [4.69, 9.17) is 26.6 Å². The first kappa shape index (κ1) is 25.7. The molecular weight excluding hydrogens is 508 g/mol. The van der Waals surface area contributed by atoms with Gasteiger partial charge in [0.2, 0.25) is 5.91 Å². The van der Waals surface area contributed by atoms with Crippen LogP contribution in [-0.4, -0.2) is 68.2 Å². The first-order valence-electron chi connectivity index (χ1n) is 12.4. The Morgan fingerprint density at radius 1 is 1.05 bits per heavy atom. The van der Waals surface area contributed by atoms with Gasteiger partial charge in [0.15, 0.2) is 5.65 Å². The number of aromatic amines is 1. The van der Waals surface area contributed by atoms with E-state index in [1.807, 2.05) is 24.3 Å². The Balaban J connectivity index is 1.26. The number of imidazole rings is 1. The van der Waals surface area contributed by atoms with Crippen molar-refractivity contribution >= 4 is 34.6 Å². The summed E-state index contributed by atoms with van der Waals surface area (Å²) in [5, 5.41) is 18.5. The Morgan fingerprint density at radius 3 is 2.32 bits per heavy atom. The van der Waals surface area contributed by atoms with E-state index in [1.54, 1.807) is 42.3 Å². The summed E-state index contributed by atoms with van der Waals surface area (Å²) in [4.78, 5) is 37.4. The number of pyridine rings is 1. The van der Waals surface area contributed by atoms with Gasteiger partial charge in [-0.05, 0) is 48.6 Å². The number of H-pyrrole nitrogens is 1. The summed E-state index contributed by atoms with van der Waals surface area (Å²) in [6, 6.07) is 16.5. The van der Waals surface area contributed by atoms with Crippen molar-refractivity contribution in [3.8, 4) is 28.4 Å². The van der Waals surface area contributed by atoms with Crippen LogP contribution >= 0.6 is 11.6 Å². The molecule has 1 aliphatic rings. The van der Waals surface area contributed by atoms with Gasteiger partial charge in [-0.25, -0.2) is 9.78 Å². The number of amides is 1. The van der Waals surface area contributed by atoms with Crippen LogP contribution in [0.1, 0.15) is 29.6 Å². The van der Waals surface area contributed by atoms with E-state index in [0.29, 0.717) is 53.7 Å². The average Bonchev–Trinajstić information content (AvgIpc) is 3.29. The van der Waals surface area contributed by atoms with Crippen LogP contribution in [0.2, 0.25) is 5.02 Å². The molecule has 5 rings (SSSR count). The zero-order valence-electron chi connectivity index (χ0n) is 20.7. The second-order valence-electron chi connectivity index (χ2n) is 9.44. The van der Waals surface area contributed by atoms with E-state index in [0.717, 1.165) is 16.7 Å². The normalized spacial score (nSPS) is 16.7. The lowest BCUT2D eigenvalue weighted by atomic mass is 9.81. The van der Waals surface area contributed by atoms with Crippen molar-refractivity contribution < 1.29 is 24.5 Å². The zero-order chi connectivity index (χ0) is 26.8. The molecule has 196 valence electrons. The molecule has 0 bridgehead atoms. The van der Waals surface area contributed by atoms with Gasteiger partial charge in [-0.2, -0.15) is 4.98 Å². The number of carbonyl (C=O) groups excluding carboxylic acids is 1. The Labute approximate surface area is 224 Å². The molecule has 38 heavy (non-hydrogen) atoms.